The fourth-order valence-electron chi connectivity index (χ4n) is 2.29. The van der Waals surface area contributed by atoms with Crippen LogP contribution < -0.4 is 10.2 Å². The lowest BCUT2D eigenvalue weighted by Gasteiger charge is -2.24. The van der Waals surface area contributed by atoms with Crippen molar-refractivity contribution in [2.24, 2.45) is 5.10 Å². The van der Waals surface area contributed by atoms with Crippen molar-refractivity contribution in [1.29, 1.82) is 0 Å². The molecule has 0 aliphatic carbocycles. The molecule has 2 aromatic carbocycles. The van der Waals surface area contributed by atoms with Crippen LogP contribution in [0, 0.1) is 0 Å². The zero-order valence-corrected chi connectivity index (χ0v) is 13.3. The van der Waals surface area contributed by atoms with Crippen molar-refractivity contribution in [1.82, 2.24) is 4.33 Å². The second-order valence-electron chi connectivity index (χ2n) is 5.22. The van der Waals surface area contributed by atoms with E-state index in [0.29, 0.717) is 27.7 Å². The molecular formula is C15H15BN2O4S. The van der Waals surface area contributed by atoms with Crippen molar-refractivity contribution in [2.75, 3.05) is 6.26 Å². The average Bonchev–Trinajstić information content (AvgIpc) is 2.53. The van der Waals surface area contributed by atoms with Gasteiger partial charge < -0.3 is 9.76 Å². The number of benzene rings is 2. The van der Waals surface area contributed by atoms with E-state index in [9.17, 15) is 13.4 Å². The molecule has 1 N–H and O–H groups in total. The van der Waals surface area contributed by atoms with Crippen molar-refractivity contribution in [3.8, 4) is 5.75 Å². The molecule has 1 heterocycles. The van der Waals surface area contributed by atoms with Gasteiger partial charge in [0, 0.05) is 0 Å². The number of rotatable bonds is 4. The Labute approximate surface area is 135 Å². The number of fused-ring (bicyclic) bond motifs is 1. The van der Waals surface area contributed by atoms with Crippen LogP contribution in [0.5, 0.6) is 5.75 Å². The van der Waals surface area contributed by atoms with E-state index in [-0.39, 0.29) is 0 Å². The SMILES string of the molecule is CS(=O)(=O)N1N=Cc2ccc(OCc3ccccc3)cc2B1O. The van der Waals surface area contributed by atoms with Crippen molar-refractivity contribution in [3.63, 3.8) is 0 Å². The highest BCUT2D eigenvalue weighted by Gasteiger charge is 2.35. The molecule has 0 amide bonds. The molecule has 0 saturated heterocycles. The zero-order valence-electron chi connectivity index (χ0n) is 12.5. The lowest BCUT2D eigenvalue weighted by Crippen LogP contribution is -2.51. The van der Waals surface area contributed by atoms with Crippen LogP contribution in [0.1, 0.15) is 11.1 Å². The Hall–Kier alpha value is -2.32. The number of nitrogens with zero attached hydrogens (tertiary/aromatic N) is 2. The Morgan fingerprint density at radius 1 is 1.22 bits per heavy atom. The molecule has 0 spiro atoms. The predicted octanol–water partition coefficient (Wildman–Crippen LogP) is 0.562. The monoisotopic (exact) mass is 330 g/mol. The van der Waals surface area contributed by atoms with Gasteiger partial charge in [0.05, 0.1) is 12.5 Å². The second-order valence-corrected chi connectivity index (χ2v) is 7.06. The molecule has 6 nitrogen and oxygen atoms in total. The third kappa shape index (κ3) is 3.38. The molecule has 0 fully saturated rings. The van der Waals surface area contributed by atoms with E-state index in [1.807, 2.05) is 30.3 Å². The van der Waals surface area contributed by atoms with E-state index in [4.69, 9.17) is 4.74 Å². The van der Waals surface area contributed by atoms with Gasteiger partial charge in [-0.1, -0.05) is 36.4 Å². The molecule has 0 atom stereocenters. The minimum atomic E-state index is -3.64. The van der Waals surface area contributed by atoms with Crippen molar-refractivity contribution in [2.45, 2.75) is 6.61 Å². The lowest BCUT2D eigenvalue weighted by atomic mass is 9.71. The summed E-state index contributed by atoms with van der Waals surface area (Å²) in [7, 11) is -5.00. The quantitative estimate of drug-likeness (QED) is 0.831. The first-order valence-electron chi connectivity index (χ1n) is 6.97. The van der Waals surface area contributed by atoms with Crippen LogP contribution >= 0.6 is 0 Å². The average molecular weight is 330 g/mol. The Kier molecular flexibility index (Phi) is 4.10. The first-order valence-corrected chi connectivity index (χ1v) is 8.82. The van der Waals surface area contributed by atoms with E-state index in [1.54, 1.807) is 18.2 Å². The maximum absolute atomic E-state index is 11.6. The minimum Gasteiger partial charge on any atom is -0.489 e. The summed E-state index contributed by atoms with van der Waals surface area (Å²) in [4.78, 5) is 0. The van der Waals surface area contributed by atoms with Crippen molar-refractivity contribution < 1.29 is 18.2 Å². The molecule has 118 valence electrons. The van der Waals surface area contributed by atoms with Crippen LogP contribution in [-0.4, -0.2) is 37.3 Å². The third-order valence-corrected chi connectivity index (χ3v) is 4.42. The number of hydrogen-bond acceptors (Lipinski definition) is 5. The highest BCUT2D eigenvalue weighted by atomic mass is 32.2. The Morgan fingerprint density at radius 2 is 1.96 bits per heavy atom. The van der Waals surface area contributed by atoms with E-state index in [2.05, 4.69) is 5.10 Å². The summed E-state index contributed by atoms with van der Waals surface area (Å²) in [6, 6.07) is 14.8. The van der Waals surface area contributed by atoms with Crippen LogP contribution in [0.25, 0.3) is 0 Å². The maximum atomic E-state index is 11.6. The fourth-order valence-corrected chi connectivity index (χ4v) is 2.99. The minimum absolute atomic E-state index is 0.388. The standard InChI is InChI=1S/C15H15BN2O4S/c1-23(20,21)18-16(19)15-9-14(8-7-13(15)10-17-18)22-11-12-5-3-2-4-6-12/h2-10,19H,11H2,1H3. The van der Waals surface area contributed by atoms with Crippen LogP contribution in [0.15, 0.2) is 53.6 Å². The summed E-state index contributed by atoms with van der Waals surface area (Å²) < 4.78 is 29.6. The fraction of sp³-hybridized carbons (Fsp3) is 0.133. The van der Waals surface area contributed by atoms with Crippen molar-refractivity contribution >= 4 is 28.8 Å². The predicted molar refractivity (Wildman–Crippen MR) is 89.1 cm³/mol. The molecule has 0 bridgehead atoms. The molecule has 0 aromatic heterocycles. The summed E-state index contributed by atoms with van der Waals surface area (Å²) >= 11 is 0. The summed E-state index contributed by atoms with van der Waals surface area (Å²) in [6.07, 6.45) is 2.40. The highest BCUT2D eigenvalue weighted by molar-refractivity contribution is 7.89. The molecule has 2 aromatic rings. The summed E-state index contributed by atoms with van der Waals surface area (Å²) in [6.45, 7) is 0.388. The van der Waals surface area contributed by atoms with Gasteiger partial charge >= 0.3 is 7.05 Å². The molecule has 1 aliphatic heterocycles. The van der Waals surface area contributed by atoms with Gasteiger partial charge in [-0.25, -0.2) is 12.7 Å². The van der Waals surface area contributed by atoms with Gasteiger partial charge in [-0.15, -0.1) is 0 Å². The lowest BCUT2D eigenvalue weighted by molar-refractivity contribution is 0.306. The van der Waals surface area contributed by atoms with Gasteiger partial charge in [0.25, 0.3) is 0 Å². The molecule has 3 rings (SSSR count). The molecule has 0 saturated carbocycles. The van der Waals surface area contributed by atoms with Crippen LogP contribution in [0.3, 0.4) is 0 Å². The Bertz CT molecular complexity index is 840. The number of hydrazone groups is 1. The van der Waals surface area contributed by atoms with Crippen LogP contribution in [-0.2, 0) is 16.6 Å². The summed E-state index contributed by atoms with van der Waals surface area (Å²) in [5.74, 6) is 0.551. The van der Waals surface area contributed by atoms with E-state index in [1.165, 1.54) is 6.21 Å². The Morgan fingerprint density at radius 3 is 2.65 bits per heavy atom. The largest absolute Gasteiger partial charge is 0.489 e. The van der Waals surface area contributed by atoms with Gasteiger partial charge in [0.2, 0.25) is 10.0 Å². The van der Waals surface area contributed by atoms with E-state index < -0.39 is 17.1 Å². The third-order valence-electron chi connectivity index (χ3n) is 3.44. The van der Waals surface area contributed by atoms with Crippen molar-refractivity contribution in [3.05, 3.63) is 59.7 Å². The molecular weight excluding hydrogens is 315 g/mol. The molecule has 1 aliphatic rings. The van der Waals surface area contributed by atoms with Gasteiger partial charge in [-0.05, 0) is 28.7 Å². The van der Waals surface area contributed by atoms with E-state index >= 15 is 0 Å². The summed E-state index contributed by atoms with van der Waals surface area (Å²) in [5.41, 5.74) is 2.12. The number of ether oxygens (including phenoxy) is 1. The first kappa shape index (κ1) is 15.6. The van der Waals surface area contributed by atoms with E-state index in [0.717, 1.165) is 11.8 Å². The Balaban J connectivity index is 1.82. The van der Waals surface area contributed by atoms with Gasteiger partial charge in [0.15, 0.2) is 0 Å². The highest BCUT2D eigenvalue weighted by Crippen LogP contribution is 2.16. The number of sulfonamides is 1. The molecule has 0 unspecified atom stereocenters. The van der Waals surface area contributed by atoms with Gasteiger partial charge in [-0.2, -0.15) is 5.10 Å². The second kappa shape index (κ2) is 6.06. The molecule has 23 heavy (non-hydrogen) atoms. The molecule has 8 heteroatoms. The first-order chi connectivity index (χ1) is 10.9. The smallest absolute Gasteiger partial charge is 0.484 e. The molecule has 0 radical (unpaired) electrons. The normalized spacial score (nSPS) is 13.8. The van der Waals surface area contributed by atoms with Crippen LogP contribution in [0.2, 0.25) is 0 Å². The topological polar surface area (TPSA) is 79.2 Å². The summed E-state index contributed by atoms with van der Waals surface area (Å²) in [5, 5.41) is 14.0. The maximum Gasteiger partial charge on any atom is 0.484 e. The number of hydrogen-bond donors (Lipinski definition) is 1. The zero-order chi connectivity index (χ0) is 16.4. The van der Waals surface area contributed by atoms with Gasteiger partial charge in [-0.3, -0.25) is 0 Å². The van der Waals surface area contributed by atoms with Crippen LogP contribution in [0.4, 0.5) is 0 Å². The van der Waals surface area contributed by atoms with Gasteiger partial charge in [0.1, 0.15) is 12.4 Å².